The molecule has 0 spiro atoms. The second-order valence-corrected chi connectivity index (χ2v) is 7.16. The van der Waals surface area contributed by atoms with Gasteiger partial charge in [0.2, 0.25) is 5.91 Å². The molecule has 0 radical (unpaired) electrons. The third-order valence-electron chi connectivity index (χ3n) is 5.52. The van der Waals surface area contributed by atoms with E-state index >= 15 is 0 Å². The Morgan fingerprint density at radius 2 is 2.19 bits per heavy atom. The molecule has 2 aromatic rings. The summed E-state index contributed by atoms with van der Waals surface area (Å²) in [5.41, 5.74) is 2.96. The zero-order chi connectivity index (χ0) is 18.3. The fourth-order valence-corrected chi connectivity index (χ4v) is 4.29. The van der Waals surface area contributed by atoms with Gasteiger partial charge in [0.1, 0.15) is 5.82 Å². The number of hydrogen-bond acceptors (Lipinski definition) is 3. The molecular weight excluding hydrogens is 331 g/mol. The van der Waals surface area contributed by atoms with Crippen LogP contribution in [0.3, 0.4) is 0 Å². The second-order valence-electron chi connectivity index (χ2n) is 7.16. The summed E-state index contributed by atoms with van der Waals surface area (Å²) in [6.07, 6.45) is 7.17. The van der Waals surface area contributed by atoms with Gasteiger partial charge in [-0.3, -0.25) is 14.4 Å². The first-order valence-corrected chi connectivity index (χ1v) is 9.06. The molecule has 3 atom stereocenters. The Morgan fingerprint density at radius 1 is 1.35 bits per heavy atom. The third-order valence-corrected chi connectivity index (χ3v) is 5.52. The summed E-state index contributed by atoms with van der Waals surface area (Å²) in [5.74, 6) is -0.442. The minimum absolute atomic E-state index is 0.0927. The van der Waals surface area contributed by atoms with E-state index in [0.29, 0.717) is 11.7 Å². The van der Waals surface area contributed by atoms with Crippen LogP contribution in [0.25, 0.3) is 5.57 Å². The fraction of sp³-hybridized carbons (Fsp3) is 0.400. The highest BCUT2D eigenvalue weighted by Crippen LogP contribution is 2.39. The maximum Gasteiger partial charge on any atom is 0.241 e. The molecule has 3 unspecified atom stereocenters. The second kappa shape index (κ2) is 6.68. The molecule has 26 heavy (non-hydrogen) atoms. The highest BCUT2D eigenvalue weighted by Gasteiger charge is 2.41. The van der Waals surface area contributed by atoms with E-state index in [1.165, 1.54) is 17.7 Å². The molecule has 2 aliphatic heterocycles. The lowest BCUT2D eigenvalue weighted by Crippen LogP contribution is -2.49. The Bertz CT molecular complexity index is 859. The molecule has 1 amide bonds. The minimum atomic E-state index is -0.350. The van der Waals surface area contributed by atoms with Gasteiger partial charge >= 0.3 is 0 Å². The van der Waals surface area contributed by atoms with Crippen molar-refractivity contribution in [3.8, 4) is 0 Å². The summed E-state index contributed by atoms with van der Waals surface area (Å²) >= 11 is 0. The summed E-state index contributed by atoms with van der Waals surface area (Å²) in [6, 6.07) is 8.41. The van der Waals surface area contributed by atoms with E-state index in [-0.39, 0.29) is 23.8 Å². The Morgan fingerprint density at radius 3 is 2.88 bits per heavy atom. The quantitative estimate of drug-likeness (QED) is 0.917. The molecular formula is C20H23FN4O. The number of nitrogens with zero attached hydrogens (tertiary/aromatic N) is 3. The van der Waals surface area contributed by atoms with E-state index in [1.54, 1.807) is 12.1 Å². The molecule has 1 N–H and O–H groups in total. The van der Waals surface area contributed by atoms with Crippen molar-refractivity contribution >= 4 is 17.2 Å². The molecule has 4 rings (SSSR count). The monoisotopic (exact) mass is 354 g/mol. The number of aryl methyl sites for hydroxylation is 1. The lowest BCUT2D eigenvalue weighted by Gasteiger charge is -2.37. The van der Waals surface area contributed by atoms with Crippen molar-refractivity contribution in [2.45, 2.75) is 44.3 Å². The molecule has 1 fully saturated rings. The molecule has 0 aliphatic carbocycles. The SMILES string of the molecule is CC(C(=O)Nc1cccc(F)c1)N1C2C=C(c3ccnn3C)CC1CC2. The lowest BCUT2D eigenvalue weighted by atomic mass is 9.97. The van der Waals surface area contributed by atoms with Crippen LogP contribution in [-0.2, 0) is 11.8 Å². The topological polar surface area (TPSA) is 50.2 Å². The van der Waals surface area contributed by atoms with Crippen LogP contribution in [0.4, 0.5) is 10.1 Å². The van der Waals surface area contributed by atoms with Gasteiger partial charge in [-0.1, -0.05) is 12.1 Å². The van der Waals surface area contributed by atoms with Gasteiger partial charge in [0.25, 0.3) is 0 Å². The number of hydrogen-bond donors (Lipinski definition) is 1. The molecule has 0 saturated carbocycles. The van der Waals surface area contributed by atoms with Crippen molar-refractivity contribution in [1.82, 2.24) is 14.7 Å². The van der Waals surface area contributed by atoms with Gasteiger partial charge in [0, 0.05) is 31.0 Å². The van der Waals surface area contributed by atoms with E-state index in [4.69, 9.17) is 0 Å². The number of aromatic nitrogens is 2. The van der Waals surface area contributed by atoms with Crippen molar-refractivity contribution in [3.63, 3.8) is 0 Å². The van der Waals surface area contributed by atoms with Gasteiger partial charge in [0.05, 0.1) is 11.7 Å². The van der Waals surface area contributed by atoms with E-state index in [9.17, 15) is 9.18 Å². The average molecular weight is 354 g/mol. The molecule has 2 aliphatic rings. The maximum atomic E-state index is 13.3. The summed E-state index contributed by atoms with van der Waals surface area (Å²) in [6.45, 7) is 1.93. The first-order valence-electron chi connectivity index (χ1n) is 9.06. The van der Waals surface area contributed by atoms with E-state index in [1.807, 2.05) is 30.9 Å². The largest absolute Gasteiger partial charge is 0.325 e. The minimum Gasteiger partial charge on any atom is -0.325 e. The van der Waals surface area contributed by atoms with E-state index in [2.05, 4.69) is 21.4 Å². The van der Waals surface area contributed by atoms with Gasteiger partial charge in [-0.05, 0) is 56.0 Å². The van der Waals surface area contributed by atoms with Crippen LogP contribution in [0.1, 0.15) is 31.9 Å². The Hall–Kier alpha value is -2.47. The zero-order valence-electron chi connectivity index (χ0n) is 15.0. The first kappa shape index (κ1) is 17.0. The fourth-order valence-electron chi connectivity index (χ4n) is 4.29. The summed E-state index contributed by atoms with van der Waals surface area (Å²) in [4.78, 5) is 15.0. The highest BCUT2D eigenvalue weighted by atomic mass is 19.1. The van der Waals surface area contributed by atoms with E-state index in [0.717, 1.165) is 25.0 Å². The predicted molar refractivity (Wildman–Crippen MR) is 98.9 cm³/mol. The molecule has 3 heterocycles. The number of halogens is 1. The molecule has 136 valence electrons. The van der Waals surface area contributed by atoms with Gasteiger partial charge in [-0.15, -0.1) is 0 Å². The highest BCUT2D eigenvalue weighted by molar-refractivity contribution is 5.94. The van der Waals surface area contributed by atoms with Crippen LogP contribution < -0.4 is 5.32 Å². The van der Waals surface area contributed by atoms with Crippen molar-refractivity contribution in [2.75, 3.05) is 5.32 Å². The summed E-state index contributed by atoms with van der Waals surface area (Å²) in [5, 5.41) is 7.11. The third kappa shape index (κ3) is 3.05. The number of fused-ring (bicyclic) bond motifs is 2. The molecule has 6 heteroatoms. The first-order chi connectivity index (χ1) is 12.5. The standard InChI is InChI=1S/C20H23FN4O/c1-13(20(26)23-16-5-3-4-15(21)12-16)25-17-6-7-18(25)11-14(10-17)19-8-9-22-24(19)2/h3-5,8-10,12-13,17-18H,6-7,11H2,1-2H3,(H,23,26). The van der Waals surface area contributed by atoms with Crippen LogP contribution in [0.2, 0.25) is 0 Å². The molecule has 1 aromatic heterocycles. The van der Waals surface area contributed by atoms with Gasteiger partial charge in [-0.2, -0.15) is 5.10 Å². The van der Waals surface area contributed by atoms with Gasteiger partial charge in [0.15, 0.2) is 0 Å². The van der Waals surface area contributed by atoms with Crippen molar-refractivity contribution in [1.29, 1.82) is 0 Å². The molecule has 1 saturated heterocycles. The lowest BCUT2D eigenvalue weighted by molar-refractivity contribution is -0.121. The summed E-state index contributed by atoms with van der Waals surface area (Å²) in [7, 11) is 1.96. The number of benzene rings is 1. The van der Waals surface area contributed by atoms with Gasteiger partial charge in [-0.25, -0.2) is 4.39 Å². The Labute approximate surface area is 152 Å². The van der Waals surface area contributed by atoms with Crippen LogP contribution >= 0.6 is 0 Å². The predicted octanol–water partition coefficient (Wildman–Crippen LogP) is 3.21. The molecule has 5 nitrogen and oxygen atoms in total. The maximum absolute atomic E-state index is 13.3. The normalized spacial score (nSPS) is 23.6. The Kier molecular flexibility index (Phi) is 4.36. The number of nitrogens with one attached hydrogen (secondary N) is 1. The van der Waals surface area contributed by atoms with E-state index < -0.39 is 0 Å². The number of amides is 1. The van der Waals surface area contributed by atoms with Crippen molar-refractivity contribution in [2.24, 2.45) is 7.05 Å². The smallest absolute Gasteiger partial charge is 0.241 e. The number of anilines is 1. The Balaban J connectivity index is 1.51. The van der Waals surface area contributed by atoms with Crippen molar-refractivity contribution in [3.05, 3.63) is 54.1 Å². The van der Waals surface area contributed by atoms with Crippen LogP contribution in [-0.4, -0.2) is 38.7 Å². The molecule has 2 bridgehead atoms. The van der Waals surface area contributed by atoms with Crippen molar-refractivity contribution < 1.29 is 9.18 Å². The number of carbonyl (C=O) groups is 1. The van der Waals surface area contributed by atoms with Gasteiger partial charge < -0.3 is 5.32 Å². The van der Waals surface area contributed by atoms with Crippen LogP contribution in [0.5, 0.6) is 0 Å². The average Bonchev–Trinajstić information content (AvgIpc) is 3.15. The number of carbonyl (C=O) groups excluding carboxylic acids is 1. The van der Waals surface area contributed by atoms with Crippen LogP contribution in [0, 0.1) is 5.82 Å². The number of rotatable bonds is 4. The van der Waals surface area contributed by atoms with Crippen LogP contribution in [0.15, 0.2) is 42.6 Å². The summed E-state index contributed by atoms with van der Waals surface area (Å²) < 4.78 is 15.2. The zero-order valence-corrected chi connectivity index (χ0v) is 15.0. The molecule has 1 aromatic carbocycles.